The van der Waals surface area contributed by atoms with Crippen molar-refractivity contribution in [2.45, 2.75) is 12.7 Å². The van der Waals surface area contributed by atoms with Crippen LogP contribution in [0.15, 0.2) is 85.2 Å². The molecule has 0 spiro atoms. The van der Waals surface area contributed by atoms with Crippen LogP contribution in [-0.2, 0) is 12.7 Å². The third-order valence-corrected chi connectivity index (χ3v) is 4.54. The molecule has 0 aliphatic rings. The molecule has 8 nitrogen and oxygen atoms in total. The zero-order chi connectivity index (χ0) is 24.7. The number of carbonyl (C=O) groups is 1. The van der Waals surface area contributed by atoms with E-state index in [0.717, 1.165) is 6.07 Å². The molecule has 0 saturated heterocycles. The highest BCUT2D eigenvalue weighted by molar-refractivity contribution is 5.89. The zero-order valence-corrected chi connectivity index (χ0v) is 18.0. The number of urea groups is 1. The van der Waals surface area contributed by atoms with Crippen molar-refractivity contribution in [2.24, 2.45) is 0 Å². The lowest BCUT2D eigenvalue weighted by Crippen LogP contribution is -2.28. The second kappa shape index (κ2) is 10.5. The molecule has 2 amide bonds. The van der Waals surface area contributed by atoms with Crippen LogP contribution in [-0.4, -0.2) is 21.2 Å². The van der Waals surface area contributed by atoms with E-state index < -0.39 is 17.8 Å². The van der Waals surface area contributed by atoms with Gasteiger partial charge in [-0.1, -0.05) is 18.2 Å². The summed E-state index contributed by atoms with van der Waals surface area (Å²) in [5.74, 6) is 0.535. The lowest BCUT2D eigenvalue weighted by molar-refractivity contribution is -0.138. The van der Waals surface area contributed by atoms with E-state index >= 15 is 0 Å². The Morgan fingerprint density at radius 1 is 0.886 bits per heavy atom. The minimum atomic E-state index is -4.54. The third kappa shape index (κ3) is 6.67. The molecule has 4 rings (SSSR count). The number of aromatic nitrogens is 3. The average Bonchev–Trinajstić information content (AvgIpc) is 2.85. The van der Waals surface area contributed by atoms with Gasteiger partial charge in [0.25, 0.3) is 0 Å². The molecule has 4 aromatic rings. The first-order valence-electron chi connectivity index (χ1n) is 10.3. The zero-order valence-electron chi connectivity index (χ0n) is 18.0. The standard InChI is InChI=1S/C24H18F3N5O3/c25-24(26,27)19-4-1-2-5-20(19)35-21-12-7-16(14-28-21)15-29-23(33)31-17-8-10-18(11-9-17)34-22-6-3-13-30-32-22/h1-14H,15H2,(H2,29,31,33). The van der Waals surface area contributed by atoms with E-state index in [9.17, 15) is 18.0 Å². The summed E-state index contributed by atoms with van der Waals surface area (Å²) in [6, 6.07) is 17.5. The monoisotopic (exact) mass is 481 g/mol. The van der Waals surface area contributed by atoms with Gasteiger partial charge in [0.05, 0.1) is 5.56 Å². The van der Waals surface area contributed by atoms with Gasteiger partial charge in [0.15, 0.2) is 0 Å². The maximum atomic E-state index is 13.1. The molecular weight excluding hydrogens is 463 g/mol. The predicted molar refractivity (Wildman–Crippen MR) is 120 cm³/mol. The number of anilines is 1. The number of hydrogen-bond donors (Lipinski definition) is 2. The first-order valence-corrected chi connectivity index (χ1v) is 10.3. The number of nitrogens with one attached hydrogen (secondary N) is 2. The number of pyridine rings is 1. The van der Waals surface area contributed by atoms with Crippen LogP contribution in [0.25, 0.3) is 0 Å². The first-order chi connectivity index (χ1) is 16.9. The highest BCUT2D eigenvalue weighted by atomic mass is 19.4. The van der Waals surface area contributed by atoms with Crippen LogP contribution >= 0.6 is 0 Å². The van der Waals surface area contributed by atoms with E-state index in [-0.39, 0.29) is 18.2 Å². The topological polar surface area (TPSA) is 98.3 Å². The minimum Gasteiger partial charge on any atom is -0.438 e. The normalized spacial score (nSPS) is 10.9. The van der Waals surface area contributed by atoms with Gasteiger partial charge in [-0.25, -0.2) is 9.78 Å². The number of rotatable bonds is 7. The molecule has 0 aliphatic carbocycles. The summed E-state index contributed by atoms with van der Waals surface area (Å²) in [5, 5.41) is 12.9. The summed E-state index contributed by atoms with van der Waals surface area (Å²) in [6.45, 7) is 0.145. The molecule has 35 heavy (non-hydrogen) atoms. The fourth-order valence-electron chi connectivity index (χ4n) is 2.90. The Morgan fingerprint density at radius 3 is 2.37 bits per heavy atom. The Kier molecular flexibility index (Phi) is 7.05. The van der Waals surface area contributed by atoms with E-state index in [1.807, 2.05) is 0 Å². The summed E-state index contributed by atoms with van der Waals surface area (Å²) in [7, 11) is 0. The Hall–Kier alpha value is -4.67. The fourth-order valence-corrected chi connectivity index (χ4v) is 2.90. The van der Waals surface area contributed by atoms with Gasteiger partial charge in [-0.2, -0.15) is 18.3 Å². The SMILES string of the molecule is O=C(NCc1ccc(Oc2ccccc2C(F)(F)F)nc1)Nc1ccc(Oc2cccnn2)cc1. The van der Waals surface area contributed by atoms with Gasteiger partial charge in [-0.15, -0.1) is 5.10 Å². The molecule has 2 N–H and O–H groups in total. The molecule has 2 heterocycles. The highest BCUT2D eigenvalue weighted by Crippen LogP contribution is 2.37. The number of ether oxygens (including phenoxy) is 2. The average molecular weight is 481 g/mol. The van der Waals surface area contributed by atoms with Gasteiger partial charge in [0.1, 0.15) is 11.5 Å². The maximum absolute atomic E-state index is 13.1. The van der Waals surface area contributed by atoms with Crippen LogP contribution in [0.5, 0.6) is 23.3 Å². The largest absolute Gasteiger partial charge is 0.438 e. The lowest BCUT2D eigenvalue weighted by atomic mass is 10.2. The van der Waals surface area contributed by atoms with E-state index in [0.29, 0.717) is 22.9 Å². The number of nitrogens with zero attached hydrogens (tertiary/aromatic N) is 3. The Labute approximate surface area is 197 Å². The van der Waals surface area contributed by atoms with Crippen molar-refractivity contribution in [1.82, 2.24) is 20.5 Å². The molecule has 0 bridgehead atoms. The van der Waals surface area contributed by atoms with E-state index in [2.05, 4.69) is 25.8 Å². The van der Waals surface area contributed by atoms with Crippen LogP contribution in [0, 0.1) is 0 Å². The van der Waals surface area contributed by atoms with Gasteiger partial charge in [-0.3, -0.25) is 0 Å². The third-order valence-electron chi connectivity index (χ3n) is 4.54. The number of hydrogen-bond acceptors (Lipinski definition) is 6. The second-order valence-electron chi connectivity index (χ2n) is 7.10. The molecule has 178 valence electrons. The summed E-state index contributed by atoms with van der Waals surface area (Å²) in [5.41, 5.74) is 0.279. The van der Waals surface area contributed by atoms with Crippen molar-refractivity contribution < 1.29 is 27.4 Å². The Bertz CT molecular complexity index is 1270. The number of alkyl halides is 3. The summed E-state index contributed by atoms with van der Waals surface area (Å²) in [6.07, 6.45) is -1.60. The number of halogens is 3. The number of benzene rings is 2. The van der Waals surface area contributed by atoms with Crippen molar-refractivity contribution in [3.63, 3.8) is 0 Å². The minimum absolute atomic E-state index is 0.00121. The van der Waals surface area contributed by atoms with Gasteiger partial charge in [0.2, 0.25) is 11.8 Å². The number of amides is 2. The summed E-state index contributed by atoms with van der Waals surface area (Å²) >= 11 is 0. The molecule has 0 radical (unpaired) electrons. The lowest BCUT2D eigenvalue weighted by Gasteiger charge is -2.13. The second-order valence-corrected chi connectivity index (χ2v) is 7.10. The van der Waals surface area contributed by atoms with Crippen molar-refractivity contribution in [3.05, 3.63) is 96.3 Å². The Morgan fingerprint density at radius 2 is 1.69 bits per heavy atom. The molecule has 2 aromatic heterocycles. The molecule has 0 aliphatic heterocycles. The van der Waals surface area contributed by atoms with Gasteiger partial charge < -0.3 is 20.1 Å². The van der Waals surface area contributed by atoms with Crippen LogP contribution in [0.3, 0.4) is 0 Å². The van der Waals surface area contributed by atoms with E-state index in [1.165, 1.54) is 36.7 Å². The van der Waals surface area contributed by atoms with Crippen LogP contribution in [0.1, 0.15) is 11.1 Å². The van der Waals surface area contributed by atoms with Crippen molar-refractivity contribution in [3.8, 4) is 23.3 Å². The van der Waals surface area contributed by atoms with Gasteiger partial charge in [0, 0.05) is 36.8 Å². The molecule has 11 heteroatoms. The van der Waals surface area contributed by atoms with Crippen molar-refractivity contribution >= 4 is 11.7 Å². The van der Waals surface area contributed by atoms with Crippen LogP contribution in [0.2, 0.25) is 0 Å². The Balaban J connectivity index is 1.27. The highest BCUT2D eigenvalue weighted by Gasteiger charge is 2.34. The van der Waals surface area contributed by atoms with Crippen molar-refractivity contribution in [1.29, 1.82) is 0 Å². The molecular formula is C24H18F3N5O3. The predicted octanol–water partition coefficient (Wildman–Crippen LogP) is 5.80. The first kappa shape index (κ1) is 23.5. The van der Waals surface area contributed by atoms with E-state index in [4.69, 9.17) is 9.47 Å². The quantitative estimate of drug-likeness (QED) is 0.346. The maximum Gasteiger partial charge on any atom is 0.419 e. The van der Waals surface area contributed by atoms with Gasteiger partial charge in [-0.05, 0) is 48.0 Å². The van der Waals surface area contributed by atoms with E-state index in [1.54, 1.807) is 42.5 Å². The molecule has 0 fully saturated rings. The molecule has 0 atom stereocenters. The molecule has 0 unspecified atom stereocenters. The molecule has 0 saturated carbocycles. The summed E-state index contributed by atoms with van der Waals surface area (Å²) < 4.78 is 50.1. The van der Waals surface area contributed by atoms with Gasteiger partial charge >= 0.3 is 12.2 Å². The summed E-state index contributed by atoms with van der Waals surface area (Å²) in [4.78, 5) is 16.2. The smallest absolute Gasteiger partial charge is 0.419 e. The van der Waals surface area contributed by atoms with Crippen LogP contribution in [0.4, 0.5) is 23.7 Å². The number of carbonyl (C=O) groups excluding carboxylic acids is 1. The molecule has 2 aromatic carbocycles. The van der Waals surface area contributed by atoms with Crippen LogP contribution < -0.4 is 20.1 Å². The fraction of sp³-hybridized carbons (Fsp3) is 0.0833. The number of para-hydroxylation sites is 1. The van der Waals surface area contributed by atoms with Crippen molar-refractivity contribution in [2.75, 3.05) is 5.32 Å².